The first kappa shape index (κ1) is 11.0. The van der Waals surface area contributed by atoms with Gasteiger partial charge in [-0.1, -0.05) is 29.0 Å². The molecule has 84 valence electrons. The Hall–Kier alpha value is -1.46. The van der Waals surface area contributed by atoms with Gasteiger partial charge in [-0.3, -0.25) is 9.78 Å². The minimum atomic E-state index is -0.338. The third-order valence-corrected chi connectivity index (χ3v) is 3.26. The van der Waals surface area contributed by atoms with Gasteiger partial charge in [0.2, 0.25) is 5.88 Å². The van der Waals surface area contributed by atoms with E-state index in [0.29, 0.717) is 21.2 Å². The molecule has 0 spiro atoms. The molecule has 6 heteroatoms. The number of benzene rings is 1. The Balaban J connectivity index is 2.72. The minimum Gasteiger partial charge on any atom is -0.496 e. The van der Waals surface area contributed by atoms with Crippen molar-refractivity contribution in [2.75, 3.05) is 7.11 Å². The van der Waals surface area contributed by atoms with E-state index >= 15 is 0 Å². The van der Waals surface area contributed by atoms with Crippen LogP contribution in [0.3, 0.4) is 0 Å². The number of aromatic hydroxyl groups is 1. The molecule has 0 radical (unpaired) electrons. The Morgan fingerprint density at radius 1 is 1.50 bits per heavy atom. The second kappa shape index (κ2) is 4.19. The Morgan fingerprint density at radius 3 is 2.81 bits per heavy atom. The lowest BCUT2D eigenvalue weighted by atomic mass is 10.1. The highest BCUT2D eigenvalue weighted by atomic mass is 35.5. The van der Waals surface area contributed by atoms with Gasteiger partial charge in [0.1, 0.15) is 10.6 Å². The van der Waals surface area contributed by atoms with E-state index in [4.69, 9.17) is 16.3 Å². The smallest absolute Gasteiger partial charge is 0.307 e. The van der Waals surface area contributed by atoms with Crippen LogP contribution in [0.25, 0.3) is 10.4 Å². The number of hydrogen-bond donors (Lipinski definition) is 2. The summed E-state index contributed by atoms with van der Waals surface area (Å²) in [5.74, 6) is 0.319. The van der Waals surface area contributed by atoms with Gasteiger partial charge >= 0.3 is 4.87 Å². The summed E-state index contributed by atoms with van der Waals surface area (Å²) < 4.78 is 5.14. The first-order valence-corrected chi connectivity index (χ1v) is 5.58. The number of hydrogen-bond acceptors (Lipinski definition) is 4. The summed E-state index contributed by atoms with van der Waals surface area (Å²) in [4.78, 5) is 13.4. The van der Waals surface area contributed by atoms with Crippen LogP contribution in [0.5, 0.6) is 11.6 Å². The molecule has 2 N–H and O–H groups in total. The minimum absolute atomic E-state index is 0.193. The van der Waals surface area contributed by atoms with E-state index in [1.165, 1.54) is 7.11 Å². The molecule has 0 unspecified atom stereocenters. The fraction of sp³-hybridized carbons (Fsp3) is 0.100. The summed E-state index contributed by atoms with van der Waals surface area (Å²) in [6.45, 7) is 0. The normalized spacial score (nSPS) is 10.4. The third kappa shape index (κ3) is 1.79. The van der Waals surface area contributed by atoms with Gasteiger partial charge in [-0.05, 0) is 12.1 Å². The topological polar surface area (TPSA) is 62.3 Å². The summed E-state index contributed by atoms with van der Waals surface area (Å²) >= 11 is 6.91. The molecular weight excluding hydrogens is 250 g/mol. The number of aromatic nitrogens is 1. The average molecular weight is 258 g/mol. The molecule has 0 saturated carbocycles. The fourth-order valence-corrected chi connectivity index (χ4v) is 2.49. The molecular formula is C10H8ClNO3S. The standard InChI is InChI=1S/C10H8ClNO3S/c1-15-6-4-2-3-5(11)7(6)8-9(13)12-10(14)16-8/h2-4,13H,1H3,(H,12,14). The SMILES string of the molecule is COc1cccc(Cl)c1-c1sc(=O)[nH]c1O. The van der Waals surface area contributed by atoms with Crippen LogP contribution in [0.1, 0.15) is 0 Å². The van der Waals surface area contributed by atoms with Gasteiger partial charge in [-0.2, -0.15) is 0 Å². The predicted octanol–water partition coefficient (Wildman–Crippen LogP) is 2.47. The highest BCUT2D eigenvalue weighted by molar-refractivity contribution is 7.13. The van der Waals surface area contributed by atoms with Gasteiger partial charge < -0.3 is 9.84 Å². The molecule has 2 rings (SSSR count). The fourth-order valence-electron chi connectivity index (χ4n) is 1.38. The van der Waals surface area contributed by atoms with Crippen LogP contribution in [0.2, 0.25) is 5.02 Å². The lowest BCUT2D eigenvalue weighted by molar-refractivity contribution is 0.415. The van der Waals surface area contributed by atoms with Crippen molar-refractivity contribution in [3.8, 4) is 22.1 Å². The van der Waals surface area contributed by atoms with Gasteiger partial charge in [0.05, 0.1) is 17.7 Å². The second-order valence-electron chi connectivity index (χ2n) is 3.01. The quantitative estimate of drug-likeness (QED) is 0.869. The molecule has 1 aromatic heterocycles. The average Bonchev–Trinajstić information content (AvgIpc) is 2.57. The van der Waals surface area contributed by atoms with E-state index < -0.39 is 0 Å². The highest BCUT2D eigenvalue weighted by Gasteiger charge is 2.17. The molecule has 0 amide bonds. The largest absolute Gasteiger partial charge is 0.496 e. The zero-order chi connectivity index (χ0) is 11.7. The van der Waals surface area contributed by atoms with E-state index in [9.17, 15) is 9.90 Å². The lowest BCUT2D eigenvalue weighted by Crippen LogP contribution is -1.89. The van der Waals surface area contributed by atoms with Gasteiger partial charge in [0.25, 0.3) is 0 Å². The van der Waals surface area contributed by atoms with Crippen LogP contribution in [0, 0.1) is 0 Å². The Bertz CT molecular complexity index is 576. The van der Waals surface area contributed by atoms with Crippen LogP contribution in [0.15, 0.2) is 23.0 Å². The molecule has 0 fully saturated rings. The third-order valence-electron chi connectivity index (χ3n) is 2.05. The van der Waals surface area contributed by atoms with E-state index in [1.54, 1.807) is 18.2 Å². The number of ether oxygens (including phenoxy) is 1. The monoisotopic (exact) mass is 257 g/mol. The van der Waals surface area contributed by atoms with Crippen molar-refractivity contribution < 1.29 is 9.84 Å². The maximum atomic E-state index is 11.1. The van der Waals surface area contributed by atoms with Gasteiger partial charge in [0.15, 0.2) is 0 Å². The molecule has 4 nitrogen and oxygen atoms in total. The lowest BCUT2D eigenvalue weighted by Gasteiger charge is -2.08. The molecule has 16 heavy (non-hydrogen) atoms. The Labute approximate surface area is 100 Å². The number of aromatic amines is 1. The summed E-state index contributed by atoms with van der Waals surface area (Å²) in [6.07, 6.45) is 0. The van der Waals surface area contributed by atoms with Crippen molar-refractivity contribution in [3.05, 3.63) is 32.9 Å². The van der Waals surface area contributed by atoms with E-state index in [1.807, 2.05) is 0 Å². The summed E-state index contributed by atoms with van der Waals surface area (Å²) in [6, 6.07) is 5.12. The predicted molar refractivity (Wildman–Crippen MR) is 63.6 cm³/mol. The van der Waals surface area contributed by atoms with Crippen molar-refractivity contribution in [1.82, 2.24) is 4.98 Å². The van der Waals surface area contributed by atoms with Gasteiger partial charge in [0, 0.05) is 0 Å². The molecule has 0 aliphatic rings. The van der Waals surface area contributed by atoms with E-state index in [-0.39, 0.29) is 10.8 Å². The molecule has 1 heterocycles. The van der Waals surface area contributed by atoms with Gasteiger partial charge in [-0.15, -0.1) is 0 Å². The maximum absolute atomic E-state index is 11.1. The second-order valence-corrected chi connectivity index (χ2v) is 4.40. The van der Waals surface area contributed by atoms with Crippen LogP contribution in [0.4, 0.5) is 0 Å². The molecule has 1 aromatic carbocycles. The molecule has 0 aliphatic carbocycles. The van der Waals surface area contributed by atoms with Crippen LogP contribution < -0.4 is 9.61 Å². The number of thiazole rings is 1. The summed E-state index contributed by atoms with van der Waals surface area (Å²) in [5, 5.41) is 9.99. The maximum Gasteiger partial charge on any atom is 0.307 e. The highest BCUT2D eigenvalue weighted by Crippen LogP contribution is 2.41. The number of nitrogens with one attached hydrogen (secondary N) is 1. The van der Waals surface area contributed by atoms with E-state index in [0.717, 1.165) is 11.3 Å². The van der Waals surface area contributed by atoms with Crippen molar-refractivity contribution in [1.29, 1.82) is 0 Å². The number of halogens is 1. The molecule has 0 atom stereocenters. The molecule has 0 saturated heterocycles. The molecule has 0 aliphatic heterocycles. The van der Waals surface area contributed by atoms with Crippen LogP contribution in [-0.2, 0) is 0 Å². The van der Waals surface area contributed by atoms with Crippen molar-refractivity contribution in [3.63, 3.8) is 0 Å². The number of H-pyrrole nitrogens is 1. The first-order valence-electron chi connectivity index (χ1n) is 4.38. The first-order chi connectivity index (χ1) is 7.63. The van der Waals surface area contributed by atoms with Crippen molar-refractivity contribution in [2.45, 2.75) is 0 Å². The summed E-state index contributed by atoms with van der Waals surface area (Å²) in [7, 11) is 1.50. The van der Waals surface area contributed by atoms with Crippen LogP contribution >= 0.6 is 22.9 Å². The number of rotatable bonds is 2. The van der Waals surface area contributed by atoms with E-state index in [2.05, 4.69) is 4.98 Å². The number of methoxy groups -OCH3 is 1. The van der Waals surface area contributed by atoms with Crippen LogP contribution in [-0.4, -0.2) is 17.2 Å². The van der Waals surface area contributed by atoms with Gasteiger partial charge in [-0.25, -0.2) is 0 Å². The molecule has 2 aromatic rings. The Morgan fingerprint density at radius 2 is 2.25 bits per heavy atom. The van der Waals surface area contributed by atoms with Crippen molar-refractivity contribution in [2.24, 2.45) is 0 Å². The molecule has 0 bridgehead atoms. The zero-order valence-electron chi connectivity index (χ0n) is 8.28. The zero-order valence-corrected chi connectivity index (χ0v) is 9.85. The van der Waals surface area contributed by atoms with Crippen molar-refractivity contribution >= 4 is 22.9 Å². The summed E-state index contributed by atoms with van der Waals surface area (Å²) in [5.41, 5.74) is 0.521. The Kier molecular flexibility index (Phi) is 2.89.